The Bertz CT molecular complexity index is 1510. The van der Waals surface area contributed by atoms with Crippen molar-refractivity contribution >= 4 is 59.1 Å². The minimum atomic E-state index is -0.670. The van der Waals surface area contributed by atoms with E-state index in [9.17, 15) is 19.2 Å². The fourth-order valence-electron chi connectivity index (χ4n) is 4.92. The number of hydrogen-bond acceptors (Lipinski definition) is 7. The number of hydrogen-bond donors (Lipinski definition) is 2. The second kappa shape index (κ2) is 15.0. The van der Waals surface area contributed by atoms with Gasteiger partial charge in [-0.05, 0) is 87.2 Å². The van der Waals surface area contributed by atoms with E-state index in [4.69, 9.17) is 16.3 Å². The van der Waals surface area contributed by atoms with Gasteiger partial charge >= 0.3 is 11.9 Å². The van der Waals surface area contributed by atoms with E-state index in [2.05, 4.69) is 15.4 Å². The summed E-state index contributed by atoms with van der Waals surface area (Å²) in [5.74, 6) is -1.46. The largest absolute Gasteiger partial charge is 0.468 e. The Morgan fingerprint density at radius 3 is 2.44 bits per heavy atom. The van der Waals surface area contributed by atoms with Crippen LogP contribution >= 0.6 is 24.0 Å². The summed E-state index contributed by atoms with van der Waals surface area (Å²) in [6, 6.07) is 17.0. The number of rotatable bonds is 8. The first-order chi connectivity index (χ1) is 20.1. The van der Waals surface area contributed by atoms with Crippen LogP contribution in [-0.2, 0) is 19.1 Å². The molecule has 2 N–H and O–H groups in total. The number of carbonyl (C=O) groups excluding carboxylic acids is 4. The fourth-order valence-corrected chi connectivity index (χ4v) is 5.10. The van der Waals surface area contributed by atoms with Gasteiger partial charge in [-0.2, -0.15) is 0 Å². The lowest BCUT2D eigenvalue weighted by molar-refractivity contribution is -0.149. The molecule has 3 aromatic carbocycles. The first kappa shape index (κ1) is 33.6. The molecular formula is C32H35Cl2N3O6. The number of aryl methyl sites for hydroxylation is 2. The van der Waals surface area contributed by atoms with Crippen LogP contribution < -0.4 is 15.5 Å². The van der Waals surface area contributed by atoms with Gasteiger partial charge in [0, 0.05) is 33.9 Å². The first-order valence-electron chi connectivity index (χ1n) is 13.7. The predicted octanol–water partition coefficient (Wildman–Crippen LogP) is 5.81. The van der Waals surface area contributed by atoms with Crippen LogP contribution in [-0.4, -0.2) is 50.0 Å². The molecule has 0 aliphatic carbocycles. The number of carbonyl (C=O) groups is 4. The smallest absolute Gasteiger partial charge is 0.322 e. The van der Waals surface area contributed by atoms with Crippen molar-refractivity contribution in [2.45, 2.75) is 45.8 Å². The van der Waals surface area contributed by atoms with Crippen molar-refractivity contribution < 1.29 is 28.7 Å². The summed E-state index contributed by atoms with van der Waals surface area (Å²) in [4.78, 5) is 52.6. The van der Waals surface area contributed by atoms with E-state index >= 15 is 0 Å². The molecule has 1 aliphatic rings. The first-order valence-corrected chi connectivity index (χ1v) is 14.1. The highest BCUT2D eigenvalue weighted by Crippen LogP contribution is 2.38. The Balaban J connectivity index is 0.00000506. The van der Waals surface area contributed by atoms with Crippen molar-refractivity contribution in [3.8, 4) is 0 Å². The van der Waals surface area contributed by atoms with E-state index in [1.54, 1.807) is 54.3 Å². The summed E-state index contributed by atoms with van der Waals surface area (Å²) in [5.41, 5.74) is 4.46. The SMILES string of the molecule is COC(=O)C(C)NCC(=O)OC1CCCN(C(=O)c2ccc(NC(=O)c3ccccc3C)cc2C)c2ccc(Cl)cc21.Cl. The van der Waals surface area contributed by atoms with E-state index in [1.165, 1.54) is 7.11 Å². The minimum absolute atomic E-state index is 0. The number of fused-ring (bicyclic) bond motifs is 1. The van der Waals surface area contributed by atoms with Crippen LogP contribution in [0.2, 0.25) is 5.02 Å². The molecule has 0 saturated carbocycles. The van der Waals surface area contributed by atoms with Gasteiger partial charge in [0.1, 0.15) is 12.1 Å². The summed E-state index contributed by atoms with van der Waals surface area (Å²) < 4.78 is 10.5. The van der Waals surface area contributed by atoms with E-state index in [0.29, 0.717) is 58.0 Å². The Kier molecular flexibility index (Phi) is 11.7. The Hall–Kier alpha value is -3.92. The van der Waals surface area contributed by atoms with Crippen molar-refractivity contribution in [2.24, 2.45) is 0 Å². The molecule has 1 aliphatic heterocycles. The van der Waals surface area contributed by atoms with Crippen LogP contribution in [0.1, 0.15) is 63.3 Å². The van der Waals surface area contributed by atoms with E-state index < -0.39 is 24.1 Å². The zero-order chi connectivity index (χ0) is 30.4. The minimum Gasteiger partial charge on any atom is -0.468 e. The molecule has 2 amide bonds. The van der Waals surface area contributed by atoms with Gasteiger partial charge in [-0.15, -0.1) is 12.4 Å². The predicted molar refractivity (Wildman–Crippen MR) is 168 cm³/mol. The lowest BCUT2D eigenvalue weighted by atomic mass is 10.0. The van der Waals surface area contributed by atoms with Gasteiger partial charge in [-0.1, -0.05) is 29.8 Å². The number of ether oxygens (including phenoxy) is 2. The number of nitrogens with one attached hydrogen (secondary N) is 2. The third-order valence-electron chi connectivity index (χ3n) is 7.21. The number of anilines is 2. The summed E-state index contributed by atoms with van der Waals surface area (Å²) >= 11 is 6.33. The quantitative estimate of drug-likeness (QED) is 0.303. The highest BCUT2D eigenvalue weighted by atomic mass is 35.5. The number of esters is 2. The van der Waals surface area contributed by atoms with Gasteiger partial charge in [0.05, 0.1) is 19.3 Å². The molecule has 2 atom stereocenters. The zero-order valence-corrected chi connectivity index (χ0v) is 26.0. The van der Waals surface area contributed by atoms with Gasteiger partial charge in [0.15, 0.2) is 0 Å². The average Bonchev–Trinajstić information content (AvgIpc) is 3.14. The van der Waals surface area contributed by atoms with Crippen LogP contribution in [0.15, 0.2) is 60.7 Å². The van der Waals surface area contributed by atoms with E-state index in [-0.39, 0.29) is 30.8 Å². The summed E-state index contributed by atoms with van der Waals surface area (Å²) in [6.07, 6.45) is 0.434. The number of nitrogens with zero attached hydrogens (tertiary/aromatic N) is 1. The molecule has 0 spiro atoms. The normalized spacial score (nSPS) is 14.8. The fraction of sp³-hybridized carbons (Fsp3) is 0.312. The van der Waals surface area contributed by atoms with Crippen molar-refractivity contribution in [3.05, 3.63) is 93.5 Å². The van der Waals surface area contributed by atoms with Crippen LogP contribution in [0.5, 0.6) is 0 Å². The Morgan fingerprint density at radius 2 is 1.74 bits per heavy atom. The molecule has 9 nitrogen and oxygen atoms in total. The molecule has 2 unspecified atom stereocenters. The van der Waals surface area contributed by atoms with Crippen molar-refractivity contribution in [1.29, 1.82) is 0 Å². The third kappa shape index (κ3) is 8.13. The molecule has 228 valence electrons. The average molecular weight is 629 g/mol. The number of benzene rings is 3. The molecule has 11 heteroatoms. The Morgan fingerprint density at radius 1 is 1.00 bits per heavy atom. The molecule has 43 heavy (non-hydrogen) atoms. The lowest BCUT2D eigenvalue weighted by Crippen LogP contribution is -2.38. The van der Waals surface area contributed by atoms with Crippen molar-refractivity contribution in [3.63, 3.8) is 0 Å². The highest BCUT2D eigenvalue weighted by molar-refractivity contribution is 6.30. The van der Waals surface area contributed by atoms with Crippen molar-refractivity contribution in [2.75, 3.05) is 30.4 Å². The van der Waals surface area contributed by atoms with Crippen LogP contribution in [0, 0.1) is 13.8 Å². The zero-order valence-electron chi connectivity index (χ0n) is 24.4. The highest BCUT2D eigenvalue weighted by Gasteiger charge is 2.30. The van der Waals surface area contributed by atoms with Gasteiger partial charge in [0.25, 0.3) is 11.8 Å². The number of amides is 2. The maximum Gasteiger partial charge on any atom is 0.322 e. The summed E-state index contributed by atoms with van der Waals surface area (Å²) in [6.45, 7) is 5.52. The molecule has 0 fully saturated rings. The van der Waals surface area contributed by atoms with Crippen LogP contribution in [0.25, 0.3) is 0 Å². The molecular weight excluding hydrogens is 593 g/mol. The van der Waals surface area contributed by atoms with Gasteiger partial charge in [-0.25, -0.2) is 0 Å². The molecule has 0 bridgehead atoms. The second-order valence-corrected chi connectivity index (χ2v) is 10.6. The maximum atomic E-state index is 13.9. The van der Waals surface area contributed by atoms with Crippen LogP contribution in [0.4, 0.5) is 11.4 Å². The topological polar surface area (TPSA) is 114 Å². The maximum absolute atomic E-state index is 13.9. The second-order valence-electron chi connectivity index (χ2n) is 10.2. The van der Waals surface area contributed by atoms with E-state index in [0.717, 1.165) is 5.56 Å². The number of halogens is 2. The third-order valence-corrected chi connectivity index (χ3v) is 7.44. The monoisotopic (exact) mass is 627 g/mol. The Labute approximate surface area is 262 Å². The molecule has 1 heterocycles. The summed E-state index contributed by atoms with van der Waals surface area (Å²) in [5, 5.41) is 6.15. The van der Waals surface area contributed by atoms with E-state index in [1.807, 2.05) is 32.0 Å². The number of methoxy groups -OCH3 is 1. The molecule has 3 aromatic rings. The van der Waals surface area contributed by atoms with Crippen molar-refractivity contribution in [1.82, 2.24) is 5.32 Å². The molecule has 4 rings (SSSR count). The van der Waals surface area contributed by atoms with Gasteiger partial charge < -0.3 is 19.7 Å². The van der Waals surface area contributed by atoms with Gasteiger partial charge in [0.2, 0.25) is 0 Å². The van der Waals surface area contributed by atoms with Gasteiger partial charge in [-0.3, -0.25) is 24.5 Å². The van der Waals surface area contributed by atoms with Crippen LogP contribution in [0.3, 0.4) is 0 Å². The molecule has 0 radical (unpaired) electrons. The lowest BCUT2D eigenvalue weighted by Gasteiger charge is -2.25. The standard InChI is InChI=1S/C32H34ClN3O6.ClH/c1-19-8-5-6-9-24(19)30(38)35-23-12-13-25(20(2)16-23)31(39)36-15-7-10-28(26-17-22(33)11-14-27(26)36)42-29(37)18-34-21(3)32(40)41-4;/h5-6,8-9,11-14,16-17,21,28,34H,7,10,15,18H2,1-4H3,(H,35,38);1H. The molecule has 0 aromatic heterocycles. The summed E-state index contributed by atoms with van der Waals surface area (Å²) in [7, 11) is 1.28. The molecule has 0 saturated heterocycles.